The number of nitrogens with zero attached hydrogens (tertiary/aromatic N) is 4. The standard InChI is InChI=1S/C26H24N6O2S/c1-16-6-8-18(9-7-16)32-24-21(14-29-32)25(34)31-19(15-35-26(31)30-24)12-23(33)27-11-10-17-13-28-22-5-3-2-4-20(17)22/h2-9,13-14,19,28H,10-12,15H2,1H3,(H,27,33). The van der Waals surface area contributed by atoms with Crippen LogP contribution in [0.2, 0.25) is 0 Å². The van der Waals surface area contributed by atoms with Crippen molar-refractivity contribution < 1.29 is 4.79 Å². The van der Waals surface area contributed by atoms with Crippen LogP contribution in [0.3, 0.4) is 0 Å². The molecule has 1 aliphatic rings. The van der Waals surface area contributed by atoms with E-state index in [-0.39, 0.29) is 23.9 Å². The summed E-state index contributed by atoms with van der Waals surface area (Å²) in [5.41, 5.74) is 4.67. The molecule has 0 radical (unpaired) electrons. The summed E-state index contributed by atoms with van der Waals surface area (Å²) in [6.07, 6.45) is 4.55. The molecule has 5 aromatic rings. The summed E-state index contributed by atoms with van der Waals surface area (Å²) >= 11 is 1.51. The zero-order valence-electron chi connectivity index (χ0n) is 19.2. The van der Waals surface area contributed by atoms with Gasteiger partial charge in [0.05, 0.1) is 17.9 Å². The van der Waals surface area contributed by atoms with Gasteiger partial charge in [0.1, 0.15) is 5.39 Å². The summed E-state index contributed by atoms with van der Waals surface area (Å²) in [4.78, 5) is 34.1. The van der Waals surface area contributed by atoms with Crippen molar-refractivity contribution in [3.8, 4) is 5.69 Å². The molecule has 1 amide bonds. The zero-order chi connectivity index (χ0) is 23.9. The van der Waals surface area contributed by atoms with Crippen molar-refractivity contribution >= 4 is 39.6 Å². The van der Waals surface area contributed by atoms with Gasteiger partial charge in [-0.3, -0.25) is 14.2 Å². The molecule has 0 saturated carbocycles. The first-order valence-corrected chi connectivity index (χ1v) is 12.6. The van der Waals surface area contributed by atoms with E-state index in [4.69, 9.17) is 4.98 Å². The van der Waals surface area contributed by atoms with Crippen LogP contribution in [0.4, 0.5) is 0 Å². The smallest absolute Gasteiger partial charge is 0.265 e. The first-order valence-electron chi connectivity index (χ1n) is 11.6. The average Bonchev–Trinajstić information content (AvgIpc) is 3.58. The number of thioether (sulfide) groups is 1. The van der Waals surface area contributed by atoms with Crippen LogP contribution < -0.4 is 10.9 Å². The lowest BCUT2D eigenvalue weighted by atomic mass is 10.1. The lowest BCUT2D eigenvalue weighted by molar-refractivity contribution is -0.121. The molecule has 8 nitrogen and oxygen atoms in total. The van der Waals surface area contributed by atoms with Crippen molar-refractivity contribution in [1.29, 1.82) is 0 Å². The van der Waals surface area contributed by atoms with Crippen LogP contribution in [0.1, 0.15) is 23.6 Å². The Morgan fingerprint density at radius 2 is 2.00 bits per heavy atom. The molecule has 0 aliphatic carbocycles. The number of H-pyrrole nitrogens is 1. The number of para-hydroxylation sites is 1. The van der Waals surface area contributed by atoms with Gasteiger partial charge in [-0.25, -0.2) is 9.67 Å². The zero-order valence-corrected chi connectivity index (χ0v) is 20.0. The number of benzene rings is 2. The summed E-state index contributed by atoms with van der Waals surface area (Å²) < 4.78 is 3.36. The number of aryl methyl sites for hydroxylation is 1. The highest BCUT2D eigenvalue weighted by atomic mass is 32.2. The van der Waals surface area contributed by atoms with Gasteiger partial charge >= 0.3 is 0 Å². The highest BCUT2D eigenvalue weighted by molar-refractivity contribution is 7.99. The predicted molar refractivity (Wildman–Crippen MR) is 137 cm³/mol. The Kier molecular flexibility index (Phi) is 5.41. The molecule has 1 aliphatic heterocycles. The van der Waals surface area contributed by atoms with E-state index >= 15 is 0 Å². The second-order valence-corrected chi connectivity index (χ2v) is 9.81. The second-order valence-electron chi connectivity index (χ2n) is 8.83. The highest BCUT2D eigenvalue weighted by Gasteiger charge is 2.29. The third kappa shape index (κ3) is 3.91. The fourth-order valence-corrected chi connectivity index (χ4v) is 5.75. The molecular formula is C26H24N6O2S. The van der Waals surface area contributed by atoms with Crippen LogP contribution in [-0.2, 0) is 11.2 Å². The van der Waals surface area contributed by atoms with E-state index in [2.05, 4.69) is 21.5 Å². The Morgan fingerprint density at radius 3 is 2.86 bits per heavy atom. The molecule has 35 heavy (non-hydrogen) atoms. The van der Waals surface area contributed by atoms with Crippen molar-refractivity contribution in [3.63, 3.8) is 0 Å². The summed E-state index contributed by atoms with van der Waals surface area (Å²) in [6, 6.07) is 15.8. The first kappa shape index (κ1) is 21.7. The molecule has 0 saturated heterocycles. The van der Waals surface area contributed by atoms with Gasteiger partial charge in [-0.2, -0.15) is 5.10 Å². The van der Waals surface area contributed by atoms with Gasteiger partial charge in [0.15, 0.2) is 10.8 Å². The van der Waals surface area contributed by atoms with Gasteiger partial charge < -0.3 is 10.3 Å². The van der Waals surface area contributed by atoms with E-state index in [0.29, 0.717) is 28.5 Å². The van der Waals surface area contributed by atoms with Crippen LogP contribution in [0.5, 0.6) is 0 Å². The molecule has 0 bridgehead atoms. The van der Waals surface area contributed by atoms with Crippen molar-refractivity contribution in [2.24, 2.45) is 0 Å². The molecule has 2 N–H and O–H groups in total. The Bertz CT molecular complexity index is 1610. The molecule has 4 heterocycles. The Labute approximate surface area is 205 Å². The predicted octanol–water partition coefficient (Wildman–Crippen LogP) is 3.77. The van der Waals surface area contributed by atoms with Gasteiger partial charge in [-0.15, -0.1) is 0 Å². The van der Waals surface area contributed by atoms with Gasteiger partial charge in [0.2, 0.25) is 5.91 Å². The van der Waals surface area contributed by atoms with Crippen LogP contribution in [0.25, 0.3) is 27.6 Å². The van der Waals surface area contributed by atoms with E-state index in [0.717, 1.165) is 23.2 Å². The van der Waals surface area contributed by atoms with E-state index in [9.17, 15) is 9.59 Å². The summed E-state index contributed by atoms with van der Waals surface area (Å²) in [6.45, 7) is 2.57. The maximum absolute atomic E-state index is 13.3. The van der Waals surface area contributed by atoms with Crippen LogP contribution in [0.15, 0.2) is 70.9 Å². The molecule has 0 fully saturated rings. The summed E-state index contributed by atoms with van der Waals surface area (Å²) in [7, 11) is 0. The van der Waals surface area contributed by atoms with Crippen LogP contribution in [-0.4, -0.2) is 42.5 Å². The third-order valence-corrected chi connectivity index (χ3v) is 7.56. The van der Waals surface area contributed by atoms with Crippen LogP contribution in [0, 0.1) is 6.92 Å². The molecule has 3 aromatic heterocycles. The topological polar surface area (TPSA) is 97.6 Å². The largest absolute Gasteiger partial charge is 0.361 e. The molecule has 0 spiro atoms. The Balaban J connectivity index is 1.17. The van der Waals surface area contributed by atoms with Crippen molar-refractivity contribution in [2.45, 2.75) is 31.0 Å². The number of nitrogens with one attached hydrogen (secondary N) is 2. The number of hydrogen-bond acceptors (Lipinski definition) is 5. The number of aromatic amines is 1. The first-order chi connectivity index (χ1) is 17.1. The lowest BCUT2D eigenvalue weighted by Gasteiger charge is -2.13. The highest BCUT2D eigenvalue weighted by Crippen LogP contribution is 2.33. The number of carbonyl (C=O) groups excluding carboxylic acids is 1. The third-order valence-electron chi connectivity index (χ3n) is 6.46. The molecule has 9 heteroatoms. The second kappa shape index (κ2) is 8.74. The quantitative estimate of drug-likeness (QED) is 0.358. The maximum atomic E-state index is 13.3. The molecule has 6 rings (SSSR count). The van der Waals surface area contributed by atoms with Crippen molar-refractivity contribution in [2.75, 3.05) is 12.3 Å². The van der Waals surface area contributed by atoms with Crippen molar-refractivity contribution in [1.82, 2.24) is 29.6 Å². The molecule has 176 valence electrons. The van der Waals surface area contributed by atoms with Gasteiger partial charge in [0.25, 0.3) is 5.56 Å². The van der Waals surface area contributed by atoms with E-state index in [1.807, 2.05) is 55.6 Å². The normalized spacial score (nSPS) is 15.1. The summed E-state index contributed by atoms with van der Waals surface area (Å²) in [5.74, 6) is 0.577. The summed E-state index contributed by atoms with van der Waals surface area (Å²) in [5, 5.41) is 9.70. The molecule has 1 unspecified atom stereocenters. The SMILES string of the molecule is Cc1ccc(-n2ncc3c(=O)n4c(nc32)SCC4CC(=O)NCCc2c[nH]c3ccccc23)cc1. The van der Waals surface area contributed by atoms with Gasteiger partial charge in [-0.1, -0.05) is 47.7 Å². The van der Waals surface area contributed by atoms with E-state index in [1.165, 1.54) is 22.7 Å². The number of aromatic nitrogens is 5. The number of rotatable bonds is 6. The minimum Gasteiger partial charge on any atom is -0.361 e. The Hall–Kier alpha value is -3.85. The molecule has 2 aromatic carbocycles. The fourth-order valence-electron chi connectivity index (χ4n) is 4.62. The number of amides is 1. The van der Waals surface area contributed by atoms with Gasteiger partial charge in [-0.05, 0) is 37.1 Å². The van der Waals surface area contributed by atoms with E-state index in [1.54, 1.807) is 15.4 Å². The number of hydrogen-bond donors (Lipinski definition) is 2. The van der Waals surface area contributed by atoms with Gasteiger partial charge in [0, 0.05) is 35.8 Å². The average molecular weight is 485 g/mol. The fraction of sp³-hybridized carbons (Fsp3) is 0.231. The maximum Gasteiger partial charge on any atom is 0.265 e. The van der Waals surface area contributed by atoms with Crippen LogP contribution >= 0.6 is 11.8 Å². The lowest BCUT2D eigenvalue weighted by Crippen LogP contribution is -2.31. The monoisotopic (exact) mass is 484 g/mol. The molecular weight excluding hydrogens is 460 g/mol. The van der Waals surface area contributed by atoms with E-state index < -0.39 is 0 Å². The minimum atomic E-state index is -0.227. The molecule has 1 atom stereocenters. The number of fused-ring (bicyclic) bond motifs is 3. The number of carbonyl (C=O) groups is 1. The van der Waals surface area contributed by atoms with Crippen molar-refractivity contribution in [3.05, 3.63) is 82.4 Å². The Morgan fingerprint density at radius 1 is 1.17 bits per heavy atom. The minimum absolute atomic E-state index is 0.0642.